The summed E-state index contributed by atoms with van der Waals surface area (Å²) in [6, 6.07) is 13.4. The first-order valence-electron chi connectivity index (χ1n) is 13.9. The van der Waals surface area contributed by atoms with Crippen molar-refractivity contribution in [1.29, 1.82) is 0 Å². The Hall–Kier alpha value is -4.34. The highest BCUT2D eigenvalue weighted by Crippen LogP contribution is 2.44. The zero-order valence-corrected chi connectivity index (χ0v) is 23.6. The highest BCUT2D eigenvalue weighted by molar-refractivity contribution is 5.86. The second-order valence-corrected chi connectivity index (χ2v) is 10.0. The number of aliphatic carboxylic acids is 1. The number of unbranched alkanes of at least 4 members (excludes halogenated alkanes) is 1. The summed E-state index contributed by atoms with van der Waals surface area (Å²) in [6.45, 7) is 7.56. The van der Waals surface area contributed by atoms with Gasteiger partial charge >= 0.3 is 24.1 Å². The summed E-state index contributed by atoms with van der Waals surface area (Å²) in [7, 11) is 0. The van der Waals surface area contributed by atoms with Gasteiger partial charge in [0.05, 0.1) is 0 Å². The van der Waals surface area contributed by atoms with Crippen LogP contribution >= 0.6 is 0 Å². The Balaban J connectivity index is 1.45. The van der Waals surface area contributed by atoms with Crippen LogP contribution in [-0.2, 0) is 19.1 Å². The average molecular weight is 566 g/mol. The predicted molar refractivity (Wildman–Crippen MR) is 154 cm³/mol. The van der Waals surface area contributed by atoms with Gasteiger partial charge < -0.3 is 30.5 Å². The molecule has 0 unspecified atom stereocenters. The molecule has 2 aromatic rings. The summed E-state index contributed by atoms with van der Waals surface area (Å²) < 4.78 is 10.6. The Morgan fingerprint density at radius 3 is 2.20 bits per heavy atom. The lowest BCUT2D eigenvalue weighted by atomic mass is 9.98. The van der Waals surface area contributed by atoms with E-state index in [2.05, 4.69) is 46.8 Å². The van der Waals surface area contributed by atoms with Gasteiger partial charge in [-0.05, 0) is 47.4 Å². The van der Waals surface area contributed by atoms with Crippen LogP contribution in [0.3, 0.4) is 0 Å². The molecule has 220 valence electrons. The van der Waals surface area contributed by atoms with E-state index >= 15 is 0 Å². The number of hydrogen-bond donors (Lipinski definition) is 4. The number of carboxylic acids is 1. The largest absolute Gasteiger partial charge is 0.480 e. The lowest BCUT2D eigenvalue weighted by Gasteiger charge is -2.23. The molecular formula is C31H39N3O7. The third-order valence-corrected chi connectivity index (χ3v) is 7.23. The molecule has 10 nitrogen and oxygen atoms in total. The van der Waals surface area contributed by atoms with Gasteiger partial charge in [0.2, 0.25) is 0 Å². The molecular weight excluding hydrogens is 526 g/mol. The smallest absolute Gasteiger partial charge is 0.407 e. The Labute approximate surface area is 240 Å². The molecule has 0 radical (unpaired) electrons. The van der Waals surface area contributed by atoms with Crippen molar-refractivity contribution >= 4 is 24.1 Å². The summed E-state index contributed by atoms with van der Waals surface area (Å²) in [5.41, 5.74) is 4.57. The first-order chi connectivity index (χ1) is 19.8. The van der Waals surface area contributed by atoms with Gasteiger partial charge in [-0.2, -0.15) is 0 Å². The SMILES string of the molecule is C=CCOC(=O)[C@H](CCCCNC(=O)OCC1c2ccccc2-c2ccccc21)NC(=O)N[C@H](C(=O)O)[C@@H](C)CC. The fraction of sp³-hybridized carbons (Fsp3) is 0.419. The molecule has 0 fully saturated rings. The number of carboxylic acid groups (broad SMARTS) is 1. The highest BCUT2D eigenvalue weighted by Gasteiger charge is 2.30. The van der Waals surface area contributed by atoms with E-state index in [1.54, 1.807) is 6.92 Å². The van der Waals surface area contributed by atoms with E-state index in [4.69, 9.17) is 9.47 Å². The minimum atomic E-state index is -1.15. The van der Waals surface area contributed by atoms with Gasteiger partial charge in [0, 0.05) is 12.5 Å². The fourth-order valence-corrected chi connectivity index (χ4v) is 4.83. The Bertz CT molecular complexity index is 1190. The lowest BCUT2D eigenvalue weighted by Crippen LogP contribution is -2.53. The van der Waals surface area contributed by atoms with Crippen LogP contribution in [0, 0.1) is 5.92 Å². The summed E-state index contributed by atoms with van der Waals surface area (Å²) >= 11 is 0. The van der Waals surface area contributed by atoms with Crippen molar-refractivity contribution in [3.05, 3.63) is 72.3 Å². The standard InChI is InChI=1S/C31H39N3O7/c1-4-18-40-29(37)26(33-30(38)34-27(28(35)36)20(3)5-2)16-10-11-17-32-31(39)41-19-25-23-14-8-6-12-21(23)22-13-7-9-15-24(22)25/h4,6-9,12-15,20,25-27H,1,5,10-11,16-19H2,2-3H3,(H,32,39)(H,35,36)(H2,33,34,38)/t20-,26-,27-/m0/s1. The number of rotatable bonds is 15. The summed E-state index contributed by atoms with van der Waals surface area (Å²) in [5.74, 6) is -2.14. The molecule has 10 heteroatoms. The van der Waals surface area contributed by atoms with Crippen LogP contribution in [0.1, 0.15) is 56.6 Å². The van der Waals surface area contributed by atoms with Crippen LogP contribution in [0.15, 0.2) is 61.2 Å². The van der Waals surface area contributed by atoms with Crippen molar-refractivity contribution in [2.24, 2.45) is 5.92 Å². The second-order valence-electron chi connectivity index (χ2n) is 10.0. The number of nitrogens with one attached hydrogen (secondary N) is 3. The fourth-order valence-electron chi connectivity index (χ4n) is 4.83. The lowest BCUT2D eigenvalue weighted by molar-refractivity contribution is -0.144. The number of amides is 3. The van der Waals surface area contributed by atoms with E-state index in [1.165, 1.54) is 6.08 Å². The molecule has 1 aliphatic carbocycles. The van der Waals surface area contributed by atoms with Crippen molar-refractivity contribution in [3.63, 3.8) is 0 Å². The Kier molecular flexibility index (Phi) is 11.8. The maximum atomic E-state index is 12.5. The van der Waals surface area contributed by atoms with Gasteiger partial charge in [0.25, 0.3) is 0 Å². The second kappa shape index (κ2) is 15.4. The van der Waals surface area contributed by atoms with Crippen molar-refractivity contribution in [3.8, 4) is 11.1 Å². The van der Waals surface area contributed by atoms with Crippen LogP contribution in [-0.4, -0.2) is 61.0 Å². The van der Waals surface area contributed by atoms with E-state index in [9.17, 15) is 24.3 Å². The van der Waals surface area contributed by atoms with Crippen molar-refractivity contribution in [1.82, 2.24) is 16.0 Å². The number of esters is 1. The van der Waals surface area contributed by atoms with Crippen LogP contribution in [0.5, 0.6) is 0 Å². The normalized spacial score (nSPS) is 14.0. The minimum absolute atomic E-state index is 0.0212. The Morgan fingerprint density at radius 2 is 1.61 bits per heavy atom. The molecule has 3 rings (SSSR count). The summed E-state index contributed by atoms with van der Waals surface area (Å²) in [4.78, 5) is 48.9. The monoisotopic (exact) mass is 565 g/mol. The molecule has 0 aromatic heterocycles. The molecule has 4 N–H and O–H groups in total. The van der Waals surface area contributed by atoms with E-state index in [0.717, 1.165) is 22.3 Å². The third-order valence-electron chi connectivity index (χ3n) is 7.23. The minimum Gasteiger partial charge on any atom is -0.480 e. The van der Waals surface area contributed by atoms with Gasteiger partial charge in [-0.3, -0.25) is 0 Å². The van der Waals surface area contributed by atoms with Crippen molar-refractivity contribution in [2.45, 2.75) is 57.5 Å². The van der Waals surface area contributed by atoms with Crippen LogP contribution in [0.2, 0.25) is 0 Å². The zero-order valence-electron chi connectivity index (χ0n) is 23.6. The average Bonchev–Trinajstić information content (AvgIpc) is 3.29. The number of alkyl carbamates (subject to hydrolysis) is 1. The Morgan fingerprint density at radius 1 is 0.976 bits per heavy atom. The number of benzene rings is 2. The number of urea groups is 1. The zero-order chi connectivity index (χ0) is 29.8. The summed E-state index contributed by atoms with van der Waals surface area (Å²) in [5, 5.41) is 17.1. The van der Waals surface area contributed by atoms with Gasteiger partial charge in [-0.15, -0.1) is 0 Å². The molecule has 0 spiro atoms. The van der Waals surface area contributed by atoms with E-state index in [-0.39, 0.29) is 31.5 Å². The molecule has 41 heavy (non-hydrogen) atoms. The van der Waals surface area contributed by atoms with Crippen LogP contribution in [0.4, 0.5) is 9.59 Å². The molecule has 0 aliphatic heterocycles. The van der Waals surface area contributed by atoms with Gasteiger partial charge in [-0.1, -0.05) is 81.5 Å². The van der Waals surface area contributed by atoms with Gasteiger partial charge in [0.1, 0.15) is 25.3 Å². The molecule has 2 aromatic carbocycles. The van der Waals surface area contributed by atoms with Crippen molar-refractivity contribution < 1.29 is 33.8 Å². The number of ether oxygens (including phenoxy) is 2. The molecule has 1 aliphatic rings. The molecule has 3 atom stereocenters. The maximum absolute atomic E-state index is 12.5. The van der Waals surface area contributed by atoms with Crippen LogP contribution in [0.25, 0.3) is 11.1 Å². The molecule has 0 saturated heterocycles. The van der Waals surface area contributed by atoms with E-state index < -0.39 is 36.1 Å². The quantitative estimate of drug-likeness (QED) is 0.140. The first-order valence-corrected chi connectivity index (χ1v) is 13.9. The van der Waals surface area contributed by atoms with E-state index in [1.807, 2.05) is 31.2 Å². The first kappa shape index (κ1) is 31.2. The highest BCUT2D eigenvalue weighted by atomic mass is 16.5. The number of fused-ring (bicyclic) bond motifs is 3. The third kappa shape index (κ3) is 8.57. The number of carbonyl (C=O) groups is 4. The number of hydrogen-bond acceptors (Lipinski definition) is 6. The van der Waals surface area contributed by atoms with Gasteiger partial charge in [0.15, 0.2) is 0 Å². The van der Waals surface area contributed by atoms with Gasteiger partial charge in [-0.25, -0.2) is 19.2 Å². The number of carbonyl (C=O) groups excluding carboxylic acids is 3. The molecule has 0 heterocycles. The summed E-state index contributed by atoms with van der Waals surface area (Å²) in [6.07, 6.45) is 2.66. The van der Waals surface area contributed by atoms with Crippen LogP contribution < -0.4 is 16.0 Å². The molecule has 0 bridgehead atoms. The molecule has 0 saturated carbocycles. The van der Waals surface area contributed by atoms with Crippen molar-refractivity contribution in [2.75, 3.05) is 19.8 Å². The topological polar surface area (TPSA) is 143 Å². The molecule has 3 amide bonds. The maximum Gasteiger partial charge on any atom is 0.407 e. The predicted octanol–water partition coefficient (Wildman–Crippen LogP) is 4.59. The van der Waals surface area contributed by atoms with E-state index in [0.29, 0.717) is 25.8 Å².